The van der Waals surface area contributed by atoms with Crippen LogP contribution in [0, 0.1) is 11.3 Å². The molecule has 1 aromatic carbocycles. The Morgan fingerprint density at radius 1 is 1.35 bits per heavy atom. The molecule has 4 nitrogen and oxygen atoms in total. The van der Waals surface area contributed by atoms with Crippen molar-refractivity contribution >= 4 is 17.6 Å². The summed E-state index contributed by atoms with van der Waals surface area (Å²) in [4.78, 5) is 26.7. The predicted molar refractivity (Wildman–Crippen MR) is 75.4 cm³/mol. The Bertz CT molecular complexity index is 607. The number of nitrogens with zero attached hydrogens (tertiary/aromatic N) is 1. The second-order valence-corrected chi connectivity index (χ2v) is 6.10. The summed E-state index contributed by atoms with van der Waals surface area (Å²) >= 11 is 0. The molecule has 0 radical (unpaired) electrons. The van der Waals surface area contributed by atoms with E-state index in [0.29, 0.717) is 6.61 Å². The Kier molecular flexibility index (Phi) is 2.53. The summed E-state index contributed by atoms with van der Waals surface area (Å²) in [6.07, 6.45) is 0. The lowest BCUT2D eigenvalue weighted by Crippen LogP contribution is -2.32. The molecule has 1 aliphatic carbocycles. The van der Waals surface area contributed by atoms with Gasteiger partial charge in [0, 0.05) is 12.7 Å². The quantitative estimate of drug-likeness (QED) is 0.775. The lowest BCUT2D eigenvalue weighted by molar-refractivity contribution is -0.146. The van der Waals surface area contributed by atoms with Gasteiger partial charge in [-0.05, 0) is 24.0 Å². The van der Waals surface area contributed by atoms with Crippen LogP contribution in [0.25, 0.3) is 0 Å². The van der Waals surface area contributed by atoms with Gasteiger partial charge in [-0.15, -0.1) is 0 Å². The summed E-state index contributed by atoms with van der Waals surface area (Å²) in [7, 11) is 1.77. The number of esters is 1. The summed E-state index contributed by atoms with van der Waals surface area (Å²) in [6.45, 7) is 6.08. The number of fused-ring (bicyclic) bond motifs is 2. The van der Waals surface area contributed by atoms with Gasteiger partial charge >= 0.3 is 5.97 Å². The average Bonchev–Trinajstić information content (AvgIpc) is 2.86. The zero-order valence-electron chi connectivity index (χ0n) is 12.3. The Morgan fingerprint density at radius 3 is 2.65 bits per heavy atom. The first-order valence-electron chi connectivity index (χ1n) is 6.95. The smallest absolute Gasteiger partial charge is 0.310 e. The van der Waals surface area contributed by atoms with Crippen LogP contribution in [0.15, 0.2) is 24.3 Å². The number of ether oxygens (including phenoxy) is 1. The van der Waals surface area contributed by atoms with E-state index in [2.05, 4.69) is 0 Å². The lowest BCUT2D eigenvalue weighted by Gasteiger charge is -2.13. The van der Waals surface area contributed by atoms with Gasteiger partial charge in [-0.2, -0.15) is 0 Å². The first-order valence-corrected chi connectivity index (χ1v) is 6.95. The Hall–Kier alpha value is -1.84. The van der Waals surface area contributed by atoms with Gasteiger partial charge < -0.3 is 9.64 Å². The highest BCUT2D eigenvalue weighted by atomic mass is 16.5. The monoisotopic (exact) mass is 273 g/mol. The predicted octanol–water partition coefficient (Wildman–Crippen LogP) is 2.12. The first kappa shape index (κ1) is 13.2. The molecular weight excluding hydrogens is 254 g/mol. The number of carbonyl (C=O) groups is 2. The van der Waals surface area contributed by atoms with E-state index in [0.717, 1.165) is 11.3 Å². The maximum Gasteiger partial charge on any atom is 0.310 e. The van der Waals surface area contributed by atoms with Crippen LogP contribution in [0.3, 0.4) is 0 Å². The Balaban J connectivity index is 2.14. The van der Waals surface area contributed by atoms with Crippen LogP contribution in [-0.4, -0.2) is 25.5 Å². The van der Waals surface area contributed by atoms with Crippen LogP contribution in [0.5, 0.6) is 0 Å². The molecule has 0 saturated heterocycles. The Labute approximate surface area is 118 Å². The molecule has 1 aliphatic heterocycles. The van der Waals surface area contributed by atoms with Crippen LogP contribution in [0.2, 0.25) is 0 Å². The van der Waals surface area contributed by atoms with Crippen molar-refractivity contribution in [2.45, 2.75) is 26.2 Å². The van der Waals surface area contributed by atoms with Crippen molar-refractivity contribution in [1.82, 2.24) is 0 Å². The van der Waals surface area contributed by atoms with Gasteiger partial charge in [0.15, 0.2) is 0 Å². The number of carbonyl (C=O) groups excluding carboxylic acids is 2. The molecule has 1 saturated carbocycles. The number of anilines is 1. The summed E-state index contributed by atoms with van der Waals surface area (Å²) in [5.74, 6) is -0.661. The van der Waals surface area contributed by atoms with Gasteiger partial charge in [-0.25, -0.2) is 0 Å². The summed E-state index contributed by atoms with van der Waals surface area (Å²) in [5, 5.41) is 0. The molecule has 0 N–H and O–H groups in total. The third kappa shape index (κ3) is 1.22. The number of likely N-dealkylation sites (N-methyl/N-ethyl adjacent to an activating group) is 1. The van der Waals surface area contributed by atoms with E-state index in [1.165, 1.54) is 0 Å². The molecule has 106 valence electrons. The topological polar surface area (TPSA) is 46.6 Å². The maximum absolute atomic E-state index is 12.8. The highest BCUT2D eigenvalue weighted by Gasteiger charge is 2.82. The molecule has 3 rings (SSSR count). The van der Waals surface area contributed by atoms with E-state index in [4.69, 9.17) is 4.74 Å². The van der Waals surface area contributed by atoms with Gasteiger partial charge in [-0.3, -0.25) is 9.59 Å². The largest absolute Gasteiger partial charge is 0.466 e. The zero-order valence-corrected chi connectivity index (χ0v) is 12.3. The molecule has 0 unspecified atom stereocenters. The number of rotatable bonds is 2. The number of hydrogen-bond donors (Lipinski definition) is 0. The van der Waals surface area contributed by atoms with Crippen LogP contribution in [0.4, 0.5) is 5.69 Å². The minimum atomic E-state index is -0.745. The van der Waals surface area contributed by atoms with E-state index in [9.17, 15) is 9.59 Å². The molecule has 1 amide bonds. The molecule has 1 aromatic rings. The Morgan fingerprint density at radius 2 is 2.00 bits per heavy atom. The third-order valence-electron chi connectivity index (χ3n) is 4.94. The molecule has 1 heterocycles. The number of amides is 1. The number of hydrogen-bond acceptors (Lipinski definition) is 3. The van der Waals surface area contributed by atoms with Crippen molar-refractivity contribution in [3.8, 4) is 0 Å². The minimum absolute atomic E-state index is 0.00162. The van der Waals surface area contributed by atoms with Gasteiger partial charge in [0.05, 0.1) is 17.9 Å². The second-order valence-electron chi connectivity index (χ2n) is 6.10. The van der Waals surface area contributed by atoms with Gasteiger partial charge in [0.2, 0.25) is 5.91 Å². The fraction of sp³-hybridized carbons (Fsp3) is 0.500. The van der Waals surface area contributed by atoms with E-state index < -0.39 is 16.7 Å². The number of benzene rings is 1. The minimum Gasteiger partial charge on any atom is -0.466 e. The molecule has 2 aliphatic rings. The van der Waals surface area contributed by atoms with Crippen LogP contribution in [0.1, 0.15) is 26.3 Å². The molecule has 1 fully saturated rings. The van der Waals surface area contributed by atoms with E-state index in [1.54, 1.807) is 18.9 Å². The van der Waals surface area contributed by atoms with E-state index in [1.807, 2.05) is 38.1 Å². The van der Waals surface area contributed by atoms with Crippen molar-refractivity contribution in [2.24, 2.45) is 11.3 Å². The normalized spacial score (nSPS) is 29.5. The summed E-state index contributed by atoms with van der Waals surface area (Å²) < 4.78 is 5.18. The fourth-order valence-corrected chi connectivity index (χ4v) is 3.95. The van der Waals surface area contributed by atoms with Crippen LogP contribution < -0.4 is 4.90 Å². The van der Waals surface area contributed by atoms with Gasteiger partial charge in [0.25, 0.3) is 0 Å². The number of para-hydroxylation sites is 1. The SMILES string of the molecule is CCOC(=O)[C@H]1C(C)(C)[C@]12C(=O)N(C)c1ccccc12. The fourth-order valence-electron chi connectivity index (χ4n) is 3.95. The average molecular weight is 273 g/mol. The second kappa shape index (κ2) is 3.84. The molecule has 0 aromatic heterocycles. The third-order valence-corrected chi connectivity index (χ3v) is 4.94. The van der Waals surface area contributed by atoms with E-state index >= 15 is 0 Å². The van der Waals surface area contributed by atoms with Crippen LogP contribution in [-0.2, 0) is 19.7 Å². The highest BCUT2D eigenvalue weighted by Crippen LogP contribution is 2.73. The lowest BCUT2D eigenvalue weighted by atomic mass is 9.89. The zero-order chi connectivity index (χ0) is 14.7. The van der Waals surface area contributed by atoms with Crippen LogP contribution >= 0.6 is 0 Å². The maximum atomic E-state index is 12.8. The molecule has 0 bridgehead atoms. The van der Waals surface area contributed by atoms with Crippen molar-refractivity contribution in [3.63, 3.8) is 0 Å². The van der Waals surface area contributed by atoms with Gasteiger partial charge in [-0.1, -0.05) is 32.0 Å². The summed E-state index contributed by atoms with van der Waals surface area (Å²) in [6, 6.07) is 7.72. The molecule has 4 heteroatoms. The first-order chi connectivity index (χ1) is 9.40. The molecular formula is C16H19NO3. The van der Waals surface area contributed by atoms with Crippen molar-refractivity contribution < 1.29 is 14.3 Å². The van der Waals surface area contributed by atoms with Crippen molar-refractivity contribution in [2.75, 3.05) is 18.6 Å². The van der Waals surface area contributed by atoms with Crippen molar-refractivity contribution in [1.29, 1.82) is 0 Å². The van der Waals surface area contributed by atoms with Gasteiger partial charge in [0.1, 0.15) is 0 Å². The standard InChI is InChI=1S/C16H19NO3/c1-5-20-13(18)12-15(2,3)16(12)10-8-6-7-9-11(10)17(4)14(16)19/h6-9,12H,5H2,1-4H3/t12-,16-/m0/s1. The molecule has 2 atom stereocenters. The molecule has 1 spiro atoms. The van der Waals surface area contributed by atoms with Crippen molar-refractivity contribution in [3.05, 3.63) is 29.8 Å². The summed E-state index contributed by atoms with van der Waals surface area (Å²) in [5.41, 5.74) is 0.704. The van der Waals surface area contributed by atoms with E-state index in [-0.39, 0.29) is 11.9 Å². The molecule has 20 heavy (non-hydrogen) atoms. The highest BCUT2D eigenvalue weighted by molar-refractivity contribution is 6.14.